The van der Waals surface area contributed by atoms with Gasteiger partial charge in [-0.25, -0.2) is 0 Å². The lowest BCUT2D eigenvalue weighted by Gasteiger charge is -2.33. The molecule has 0 atom stereocenters. The number of quaternary nitrogens is 2. The minimum atomic E-state index is -0.201. The van der Waals surface area contributed by atoms with E-state index in [0.717, 1.165) is 31.8 Å². The van der Waals surface area contributed by atoms with E-state index in [4.69, 9.17) is 9.31 Å². The molecular weight excluding hydrogens is 334 g/mol. The van der Waals surface area contributed by atoms with Crippen molar-refractivity contribution in [1.29, 1.82) is 0 Å². The molecule has 1 aromatic rings. The first kappa shape index (κ1) is 22.7. The number of halogens is 2. The fourth-order valence-corrected chi connectivity index (χ4v) is 2.43. The molecule has 0 aliphatic carbocycles. The van der Waals surface area contributed by atoms with Crippen LogP contribution in [-0.4, -0.2) is 33.4 Å². The maximum absolute atomic E-state index is 5.81. The summed E-state index contributed by atoms with van der Waals surface area (Å²) in [7, 11) is -0.201. The van der Waals surface area contributed by atoms with Crippen molar-refractivity contribution in [2.75, 3.05) is 26.3 Å². The molecule has 1 heterocycles. The van der Waals surface area contributed by atoms with Gasteiger partial charge in [0.15, 0.2) is 0 Å². The van der Waals surface area contributed by atoms with Gasteiger partial charge in [-0.1, -0.05) is 38.1 Å². The molecule has 0 radical (unpaired) electrons. The van der Waals surface area contributed by atoms with E-state index in [0.29, 0.717) is 0 Å². The predicted molar refractivity (Wildman–Crippen MR) is 85.0 cm³/mol. The Hall–Kier alpha value is -0.295. The summed E-state index contributed by atoms with van der Waals surface area (Å²) in [6.45, 7) is 9.09. The Bertz CT molecular complexity index is 423. The Kier molecular flexibility index (Phi) is 11.1. The quantitative estimate of drug-likeness (QED) is 0.374. The highest BCUT2D eigenvalue weighted by Gasteiger charge is 2.33. The maximum atomic E-state index is 5.81. The van der Waals surface area contributed by atoms with E-state index in [1.807, 2.05) is 0 Å². The molecule has 5 N–H and O–H groups in total. The van der Waals surface area contributed by atoms with E-state index in [9.17, 15) is 0 Å². The van der Waals surface area contributed by atoms with Crippen molar-refractivity contribution in [3.05, 3.63) is 29.8 Å². The minimum Gasteiger partial charge on any atom is -1.00 e. The second kappa shape index (κ2) is 11.3. The Morgan fingerprint density at radius 2 is 1.70 bits per heavy atom. The second-order valence-electron chi connectivity index (χ2n) is 6.70. The van der Waals surface area contributed by atoms with Gasteiger partial charge in [-0.2, -0.15) is 0 Å². The van der Waals surface area contributed by atoms with E-state index in [2.05, 4.69) is 49.2 Å². The van der Waals surface area contributed by atoms with Crippen LogP contribution in [0.15, 0.2) is 24.3 Å². The van der Waals surface area contributed by atoms with E-state index >= 15 is 0 Å². The highest BCUT2D eigenvalue weighted by molar-refractivity contribution is 6.61. The van der Waals surface area contributed by atoms with Gasteiger partial charge in [0.25, 0.3) is 0 Å². The van der Waals surface area contributed by atoms with Crippen molar-refractivity contribution in [2.24, 2.45) is 5.41 Å². The van der Waals surface area contributed by atoms with Crippen LogP contribution in [0.4, 0.5) is 0 Å². The highest BCUT2D eigenvalue weighted by atomic mass is 35.5. The molecule has 1 aliphatic rings. The first-order chi connectivity index (χ1) is 10.1. The molecule has 2 rings (SSSR count). The molecular formula is C16H29BCl2N2O2. The molecule has 0 unspecified atom stereocenters. The summed E-state index contributed by atoms with van der Waals surface area (Å²) in [5.74, 6) is 0. The van der Waals surface area contributed by atoms with Crippen molar-refractivity contribution in [1.82, 2.24) is 0 Å². The van der Waals surface area contributed by atoms with Crippen LogP contribution in [0.5, 0.6) is 0 Å². The molecule has 1 saturated heterocycles. The van der Waals surface area contributed by atoms with Crippen LogP contribution in [0.2, 0.25) is 0 Å². The average Bonchev–Trinajstić information content (AvgIpc) is 2.48. The van der Waals surface area contributed by atoms with Crippen molar-refractivity contribution in [2.45, 2.75) is 33.2 Å². The van der Waals surface area contributed by atoms with Gasteiger partial charge < -0.3 is 45.2 Å². The summed E-state index contributed by atoms with van der Waals surface area (Å²) in [5, 5.41) is 2.36. The zero-order valence-corrected chi connectivity index (χ0v) is 15.7. The van der Waals surface area contributed by atoms with E-state index in [1.54, 1.807) is 0 Å². The van der Waals surface area contributed by atoms with Crippen LogP contribution in [-0.2, 0) is 15.9 Å². The van der Waals surface area contributed by atoms with E-state index < -0.39 is 0 Å². The Balaban J connectivity index is 0.00000242. The van der Waals surface area contributed by atoms with Gasteiger partial charge in [-0.05, 0) is 5.46 Å². The lowest BCUT2D eigenvalue weighted by atomic mass is 9.76. The van der Waals surface area contributed by atoms with Gasteiger partial charge in [0, 0.05) is 37.0 Å². The summed E-state index contributed by atoms with van der Waals surface area (Å²) < 4.78 is 11.6. The van der Waals surface area contributed by atoms with E-state index in [-0.39, 0.29) is 37.3 Å². The van der Waals surface area contributed by atoms with Crippen molar-refractivity contribution in [3.63, 3.8) is 0 Å². The fraction of sp³-hybridized carbons (Fsp3) is 0.625. The number of benzene rings is 1. The van der Waals surface area contributed by atoms with E-state index in [1.165, 1.54) is 24.9 Å². The molecule has 0 aromatic heterocycles. The van der Waals surface area contributed by atoms with Gasteiger partial charge in [-0.3, -0.25) is 0 Å². The molecule has 0 bridgehead atoms. The van der Waals surface area contributed by atoms with Gasteiger partial charge in [-0.15, -0.1) is 0 Å². The van der Waals surface area contributed by atoms with Crippen LogP contribution in [0.3, 0.4) is 0 Å². The topological polar surface area (TPSA) is 62.7 Å². The Morgan fingerprint density at radius 1 is 1.09 bits per heavy atom. The molecule has 132 valence electrons. The third-order valence-corrected chi connectivity index (χ3v) is 3.79. The van der Waals surface area contributed by atoms with Gasteiger partial charge in [0.1, 0.15) is 6.54 Å². The smallest absolute Gasteiger partial charge is 0.493 e. The molecule has 0 spiro atoms. The van der Waals surface area contributed by atoms with Crippen LogP contribution < -0.4 is 41.3 Å². The number of unbranched alkanes of at least 4 members (excludes halogenated alkanes) is 1. The molecule has 4 nitrogen and oxygen atoms in total. The lowest BCUT2D eigenvalue weighted by Crippen LogP contribution is -3.00. The standard InChI is InChI=1S/C16H27BN2O2.2ClH/c1-16(2)12-20-17(21-13-16)15-7-5-14(6-8-15)11-19-10-4-3-9-18;;/h5-8,19H,3-4,9-13,18H2,1-2H3;2*1H. The van der Waals surface area contributed by atoms with Crippen LogP contribution in [0, 0.1) is 5.41 Å². The summed E-state index contributed by atoms with van der Waals surface area (Å²) in [6, 6.07) is 8.61. The van der Waals surface area contributed by atoms with Crippen molar-refractivity contribution < 1.29 is 45.2 Å². The third-order valence-electron chi connectivity index (χ3n) is 3.79. The van der Waals surface area contributed by atoms with Crippen LogP contribution in [0.1, 0.15) is 32.3 Å². The molecule has 7 heteroatoms. The number of nitrogens with two attached hydrogens (primary N) is 1. The average molecular weight is 363 g/mol. The van der Waals surface area contributed by atoms with Gasteiger partial charge in [0.05, 0.1) is 13.1 Å². The summed E-state index contributed by atoms with van der Waals surface area (Å²) >= 11 is 0. The molecule has 1 aromatic carbocycles. The lowest BCUT2D eigenvalue weighted by molar-refractivity contribution is -0.671. The molecule has 0 amide bonds. The third kappa shape index (κ3) is 7.88. The summed E-state index contributed by atoms with van der Waals surface area (Å²) in [6.07, 6.45) is 2.48. The van der Waals surface area contributed by atoms with Crippen molar-refractivity contribution in [3.8, 4) is 0 Å². The van der Waals surface area contributed by atoms with Gasteiger partial charge >= 0.3 is 7.12 Å². The maximum Gasteiger partial charge on any atom is 0.493 e. The predicted octanol–water partition coefficient (Wildman–Crippen LogP) is -6.45. The number of hydrogen-bond acceptors (Lipinski definition) is 2. The van der Waals surface area contributed by atoms with Crippen LogP contribution in [0.25, 0.3) is 0 Å². The summed E-state index contributed by atoms with van der Waals surface area (Å²) in [4.78, 5) is 0. The minimum absolute atomic E-state index is 0. The SMILES string of the molecule is CC1(C)COB(c2ccc(C[NH2+]CCCC[NH3+])cc2)OC1.[Cl-].[Cl-]. The Morgan fingerprint density at radius 3 is 2.26 bits per heavy atom. The number of hydrogen-bond donors (Lipinski definition) is 2. The van der Waals surface area contributed by atoms with Crippen molar-refractivity contribution >= 4 is 12.6 Å². The number of rotatable bonds is 7. The highest BCUT2D eigenvalue weighted by Crippen LogP contribution is 2.21. The molecule has 1 fully saturated rings. The largest absolute Gasteiger partial charge is 1.00 e. The van der Waals surface area contributed by atoms with Gasteiger partial charge in [0.2, 0.25) is 0 Å². The Labute approximate surface area is 152 Å². The van der Waals surface area contributed by atoms with Crippen LogP contribution >= 0.6 is 0 Å². The molecule has 1 aliphatic heterocycles. The second-order valence-corrected chi connectivity index (χ2v) is 6.70. The first-order valence-electron chi connectivity index (χ1n) is 8.04. The monoisotopic (exact) mass is 362 g/mol. The zero-order chi connectivity index (χ0) is 15.1. The fourth-order valence-electron chi connectivity index (χ4n) is 2.43. The zero-order valence-electron chi connectivity index (χ0n) is 14.2. The molecule has 23 heavy (non-hydrogen) atoms. The molecule has 0 saturated carbocycles. The summed E-state index contributed by atoms with van der Waals surface area (Å²) in [5.41, 5.74) is 6.46. The first-order valence-corrected chi connectivity index (χ1v) is 8.04. The normalized spacial score (nSPS) is 16.4.